The van der Waals surface area contributed by atoms with Gasteiger partial charge in [-0.05, 0) is 51.9 Å². The van der Waals surface area contributed by atoms with E-state index in [1.807, 2.05) is 6.92 Å². The van der Waals surface area contributed by atoms with Crippen LogP contribution >= 0.6 is 0 Å². The molecule has 18 heavy (non-hydrogen) atoms. The van der Waals surface area contributed by atoms with Gasteiger partial charge in [0, 0.05) is 0 Å². The molecule has 0 saturated heterocycles. The summed E-state index contributed by atoms with van der Waals surface area (Å²) in [4.78, 5) is 11.7. The average Bonchev–Trinajstić information content (AvgIpc) is 2.50. The number of esters is 1. The topological polar surface area (TPSA) is 26.3 Å². The average molecular weight is 252 g/mol. The van der Waals surface area contributed by atoms with E-state index in [9.17, 15) is 4.79 Å². The summed E-state index contributed by atoms with van der Waals surface area (Å²) in [5.74, 6) is 0.421. The highest BCUT2D eigenvalue weighted by Gasteiger charge is 2.22. The molecule has 1 aliphatic carbocycles. The molecule has 0 aromatic heterocycles. The normalized spacial score (nSPS) is 20.7. The number of carbonyl (C=O) groups is 1. The second-order valence-electron chi connectivity index (χ2n) is 5.36. The van der Waals surface area contributed by atoms with Crippen LogP contribution in [-0.4, -0.2) is 12.6 Å². The van der Waals surface area contributed by atoms with Crippen LogP contribution in [0, 0.1) is 5.92 Å². The Bertz CT molecular complexity index is 291. The van der Waals surface area contributed by atoms with E-state index in [4.69, 9.17) is 4.74 Å². The van der Waals surface area contributed by atoms with Gasteiger partial charge in [0.15, 0.2) is 0 Å². The standard InChI is InChI=1S/C16H28O2/c1-4-6-11-15-13(3)9-7-8-10-14(15)12-16(17)18-5-2/h14H,4-12H2,1-3H3. The summed E-state index contributed by atoms with van der Waals surface area (Å²) >= 11 is 0. The second kappa shape index (κ2) is 8.34. The summed E-state index contributed by atoms with van der Waals surface area (Å²) in [6, 6.07) is 0. The first-order chi connectivity index (χ1) is 8.69. The fraction of sp³-hybridized carbons (Fsp3) is 0.812. The van der Waals surface area contributed by atoms with Gasteiger partial charge in [-0.25, -0.2) is 0 Å². The van der Waals surface area contributed by atoms with Crippen molar-refractivity contribution in [1.29, 1.82) is 0 Å². The number of unbranched alkanes of at least 4 members (excludes halogenated alkanes) is 1. The van der Waals surface area contributed by atoms with Crippen LogP contribution in [0.2, 0.25) is 0 Å². The van der Waals surface area contributed by atoms with Crippen molar-refractivity contribution in [2.24, 2.45) is 5.92 Å². The predicted molar refractivity (Wildman–Crippen MR) is 75.4 cm³/mol. The Morgan fingerprint density at radius 2 is 2.11 bits per heavy atom. The minimum atomic E-state index is -0.0220. The van der Waals surface area contributed by atoms with E-state index in [-0.39, 0.29) is 5.97 Å². The lowest BCUT2D eigenvalue weighted by molar-refractivity contribution is -0.144. The SMILES string of the molecule is CCCCC1=C(C)CCCCC1CC(=O)OCC. The molecule has 0 aliphatic heterocycles. The van der Waals surface area contributed by atoms with Crippen molar-refractivity contribution < 1.29 is 9.53 Å². The molecule has 104 valence electrons. The largest absolute Gasteiger partial charge is 0.466 e. The summed E-state index contributed by atoms with van der Waals surface area (Å²) in [5.41, 5.74) is 3.10. The van der Waals surface area contributed by atoms with E-state index in [1.165, 1.54) is 44.1 Å². The van der Waals surface area contributed by atoms with E-state index in [1.54, 1.807) is 5.57 Å². The molecule has 0 spiro atoms. The van der Waals surface area contributed by atoms with Gasteiger partial charge < -0.3 is 4.74 Å². The Kier molecular flexibility index (Phi) is 7.07. The molecule has 1 atom stereocenters. The molecule has 1 unspecified atom stereocenters. The number of allylic oxidation sites excluding steroid dienone is 2. The number of hydrogen-bond donors (Lipinski definition) is 0. The fourth-order valence-corrected chi connectivity index (χ4v) is 2.90. The van der Waals surface area contributed by atoms with Gasteiger partial charge in [0.2, 0.25) is 0 Å². The zero-order valence-electron chi connectivity index (χ0n) is 12.3. The molecule has 0 amide bonds. The summed E-state index contributed by atoms with van der Waals surface area (Å²) in [7, 11) is 0. The maximum atomic E-state index is 11.7. The smallest absolute Gasteiger partial charge is 0.306 e. The molecular formula is C16H28O2. The third kappa shape index (κ3) is 4.83. The molecule has 0 bridgehead atoms. The highest BCUT2D eigenvalue weighted by molar-refractivity contribution is 5.70. The third-order valence-electron chi connectivity index (χ3n) is 3.91. The molecular weight excluding hydrogens is 224 g/mol. The van der Waals surface area contributed by atoms with Gasteiger partial charge in [-0.2, -0.15) is 0 Å². The zero-order chi connectivity index (χ0) is 13.4. The lowest BCUT2D eigenvalue weighted by atomic mass is 9.86. The van der Waals surface area contributed by atoms with Crippen LogP contribution in [0.1, 0.15) is 72.1 Å². The number of ether oxygens (including phenoxy) is 1. The van der Waals surface area contributed by atoms with Crippen LogP contribution in [0.25, 0.3) is 0 Å². The van der Waals surface area contributed by atoms with E-state index < -0.39 is 0 Å². The Morgan fingerprint density at radius 1 is 1.33 bits per heavy atom. The van der Waals surface area contributed by atoms with Crippen LogP contribution in [0.4, 0.5) is 0 Å². The molecule has 2 heteroatoms. The highest BCUT2D eigenvalue weighted by Crippen LogP contribution is 2.34. The summed E-state index contributed by atoms with van der Waals surface area (Å²) < 4.78 is 5.11. The quantitative estimate of drug-likeness (QED) is 0.508. The molecule has 0 N–H and O–H groups in total. The predicted octanol–water partition coefficient (Wildman–Crippen LogP) is 4.64. The van der Waals surface area contributed by atoms with Gasteiger partial charge in [0.25, 0.3) is 0 Å². The second-order valence-corrected chi connectivity index (χ2v) is 5.36. The zero-order valence-corrected chi connectivity index (χ0v) is 12.3. The van der Waals surface area contributed by atoms with Gasteiger partial charge in [-0.15, -0.1) is 0 Å². The monoisotopic (exact) mass is 252 g/mol. The van der Waals surface area contributed by atoms with Gasteiger partial charge in [-0.3, -0.25) is 4.79 Å². The van der Waals surface area contributed by atoms with Crippen LogP contribution in [0.5, 0.6) is 0 Å². The first-order valence-electron chi connectivity index (χ1n) is 7.53. The first kappa shape index (κ1) is 15.3. The van der Waals surface area contributed by atoms with E-state index in [2.05, 4.69) is 13.8 Å². The molecule has 0 fully saturated rings. The lowest BCUT2D eigenvalue weighted by Crippen LogP contribution is -2.14. The fourth-order valence-electron chi connectivity index (χ4n) is 2.90. The Morgan fingerprint density at radius 3 is 2.78 bits per heavy atom. The molecule has 0 aromatic carbocycles. The molecule has 0 saturated carbocycles. The summed E-state index contributed by atoms with van der Waals surface area (Å²) in [6.45, 7) is 6.87. The van der Waals surface area contributed by atoms with Crippen molar-refractivity contribution >= 4 is 5.97 Å². The minimum absolute atomic E-state index is 0.0220. The first-order valence-corrected chi connectivity index (χ1v) is 7.53. The Balaban J connectivity index is 2.69. The van der Waals surface area contributed by atoms with Gasteiger partial charge in [0.05, 0.1) is 13.0 Å². The third-order valence-corrected chi connectivity index (χ3v) is 3.91. The Hall–Kier alpha value is -0.790. The van der Waals surface area contributed by atoms with Crippen LogP contribution in [0.3, 0.4) is 0 Å². The van der Waals surface area contributed by atoms with Crippen molar-refractivity contribution in [3.63, 3.8) is 0 Å². The maximum Gasteiger partial charge on any atom is 0.306 e. The molecule has 2 nitrogen and oxygen atoms in total. The summed E-state index contributed by atoms with van der Waals surface area (Å²) in [6.07, 6.45) is 9.14. The Labute approximate surface area is 112 Å². The van der Waals surface area contributed by atoms with Gasteiger partial charge in [-0.1, -0.05) is 30.9 Å². The van der Waals surface area contributed by atoms with Crippen LogP contribution in [-0.2, 0) is 9.53 Å². The van der Waals surface area contributed by atoms with Crippen molar-refractivity contribution in [2.45, 2.75) is 72.1 Å². The van der Waals surface area contributed by atoms with E-state index in [0.717, 1.165) is 6.42 Å². The summed E-state index contributed by atoms with van der Waals surface area (Å²) in [5, 5.41) is 0. The molecule has 0 aromatic rings. The molecule has 1 aliphatic rings. The number of hydrogen-bond acceptors (Lipinski definition) is 2. The van der Waals surface area contributed by atoms with E-state index in [0.29, 0.717) is 18.9 Å². The van der Waals surface area contributed by atoms with Gasteiger partial charge >= 0.3 is 5.97 Å². The maximum absolute atomic E-state index is 11.7. The molecule has 0 heterocycles. The van der Waals surface area contributed by atoms with Crippen molar-refractivity contribution in [1.82, 2.24) is 0 Å². The van der Waals surface area contributed by atoms with E-state index >= 15 is 0 Å². The highest BCUT2D eigenvalue weighted by atomic mass is 16.5. The molecule has 1 rings (SSSR count). The number of carbonyl (C=O) groups excluding carboxylic acids is 1. The van der Waals surface area contributed by atoms with Crippen LogP contribution < -0.4 is 0 Å². The van der Waals surface area contributed by atoms with Gasteiger partial charge in [0.1, 0.15) is 0 Å². The number of rotatable bonds is 6. The van der Waals surface area contributed by atoms with Crippen molar-refractivity contribution in [2.75, 3.05) is 6.61 Å². The van der Waals surface area contributed by atoms with Crippen molar-refractivity contribution in [3.8, 4) is 0 Å². The molecule has 0 radical (unpaired) electrons. The minimum Gasteiger partial charge on any atom is -0.466 e. The van der Waals surface area contributed by atoms with Crippen LogP contribution in [0.15, 0.2) is 11.1 Å². The lowest BCUT2D eigenvalue weighted by Gasteiger charge is -2.20. The van der Waals surface area contributed by atoms with Crippen molar-refractivity contribution in [3.05, 3.63) is 11.1 Å².